The van der Waals surface area contributed by atoms with Gasteiger partial charge in [0, 0.05) is 11.3 Å². The molecule has 5 nitrogen and oxygen atoms in total. The first-order chi connectivity index (χ1) is 14.5. The number of carbonyl (C=O) groups excluding carboxylic acids is 2. The van der Waals surface area contributed by atoms with Crippen molar-refractivity contribution >= 4 is 17.5 Å². The summed E-state index contributed by atoms with van der Waals surface area (Å²) in [5.74, 6) is 0.157. The van der Waals surface area contributed by atoms with Crippen LogP contribution in [0.4, 0.5) is 5.69 Å². The van der Waals surface area contributed by atoms with Crippen molar-refractivity contribution in [3.63, 3.8) is 0 Å². The summed E-state index contributed by atoms with van der Waals surface area (Å²) in [6.45, 7) is 3.91. The zero-order valence-corrected chi connectivity index (χ0v) is 17.2. The molecule has 0 aliphatic heterocycles. The average Bonchev–Trinajstić information content (AvgIpc) is 2.78. The van der Waals surface area contributed by atoms with Gasteiger partial charge >= 0.3 is 0 Å². The SMILES string of the molecule is CCc1ccc(OCC(=O)Nc2cccc(C(=O)NC(C)c3ccccc3)c2)cc1. The van der Waals surface area contributed by atoms with Gasteiger partial charge in [0.15, 0.2) is 6.61 Å². The fourth-order valence-electron chi connectivity index (χ4n) is 3.01. The van der Waals surface area contributed by atoms with Gasteiger partial charge in [-0.05, 0) is 54.8 Å². The molecule has 0 bridgehead atoms. The number of anilines is 1. The van der Waals surface area contributed by atoms with Crippen LogP contribution in [-0.2, 0) is 11.2 Å². The van der Waals surface area contributed by atoms with Crippen LogP contribution in [0, 0.1) is 0 Å². The van der Waals surface area contributed by atoms with Crippen LogP contribution in [0.3, 0.4) is 0 Å². The maximum atomic E-state index is 12.6. The highest BCUT2D eigenvalue weighted by Crippen LogP contribution is 2.16. The molecule has 0 aliphatic rings. The molecule has 3 aromatic rings. The van der Waals surface area contributed by atoms with Crippen molar-refractivity contribution in [2.24, 2.45) is 0 Å². The fraction of sp³-hybridized carbons (Fsp3) is 0.200. The fourth-order valence-corrected chi connectivity index (χ4v) is 3.01. The van der Waals surface area contributed by atoms with Crippen molar-refractivity contribution in [3.05, 3.63) is 95.6 Å². The second-order valence-electron chi connectivity index (χ2n) is 7.02. The van der Waals surface area contributed by atoms with Crippen LogP contribution in [0.25, 0.3) is 0 Å². The number of rotatable bonds is 8. The number of carbonyl (C=O) groups is 2. The van der Waals surface area contributed by atoms with Gasteiger partial charge in [0.05, 0.1) is 6.04 Å². The molecule has 3 aromatic carbocycles. The number of ether oxygens (including phenoxy) is 1. The van der Waals surface area contributed by atoms with E-state index >= 15 is 0 Å². The summed E-state index contributed by atoms with van der Waals surface area (Å²) in [5.41, 5.74) is 3.26. The molecule has 0 fully saturated rings. The lowest BCUT2D eigenvalue weighted by Crippen LogP contribution is -2.27. The highest BCUT2D eigenvalue weighted by atomic mass is 16.5. The van der Waals surface area contributed by atoms with Gasteiger partial charge in [0.1, 0.15) is 5.75 Å². The van der Waals surface area contributed by atoms with Crippen LogP contribution in [0.2, 0.25) is 0 Å². The third kappa shape index (κ3) is 5.95. The van der Waals surface area contributed by atoms with Gasteiger partial charge in [0.2, 0.25) is 0 Å². The molecule has 2 amide bonds. The first-order valence-corrected chi connectivity index (χ1v) is 10.0. The van der Waals surface area contributed by atoms with Crippen molar-refractivity contribution in [3.8, 4) is 5.75 Å². The Labute approximate surface area is 177 Å². The van der Waals surface area contributed by atoms with E-state index in [2.05, 4.69) is 17.6 Å². The number of benzene rings is 3. The maximum absolute atomic E-state index is 12.6. The third-order valence-electron chi connectivity index (χ3n) is 4.76. The van der Waals surface area contributed by atoms with Gasteiger partial charge in [-0.3, -0.25) is 9.59 Å². The number of aryl methyl sites for hydroxylation is 1. The molecule has 0 radical (unpaired) electrons. The summed E-state index contributed by atoms with van der Waals surface area (Å²) >= 11 is 0. The number of hydrogen-bond acceptors (Lipinski definition) is 3. The number of amides is 2. The molecule has 5 heteroatoms. The summed E-state index contributed by atoms with van der Waals surface area (Å²) in [4.78, 5) is 24.8. The van der Waals surface area contributed by atoms with E-state index in [9.17, 15) is 9.59 Å². The van der Waals surface area contributed by atoms with E-state index in [0.29, 0.717) is 17.0 Å². The second-order valence-corrected chi connectivity index (χ2v) is 7.02. The van der Waals surface area contributed by atoms with E-state index in [-0.39, 0.29) is 24.5 Å². The summed E-state index contributed by atoms with van der Waals surface area (Å²) in [5, 5.41) is 5.74. The minimum absolute atomic E-state index is 0.104. The van der Waals surface area contributed by atoms with Gasteiger partial charge in [-0.1, -0.05) is 55.5 Å². The Hall–Kier alpha value is -3.60. The van der Waals surface area contributed by atoms with E-state index in [1.165, 1.54) is 5.56 Å². The van der Waals surface area contributed by atoms with Crippen LogP contribution in [0.5, 0.6) is 5.75 Å². The van der Waals surface area contributed by atoms with E-state index in [0.717, 1.165) is 12.0 Å². The average molecular weight is 402 g/mol. The summed E-state index contributed by atoms with van der Waals surface area (Å²) in [7, 11) is 0. The third-order valence-corrected chi connectivity index (χ3v) is 4.76. The van der Waals surface area contributed by atoms with Crippen LogP contribution in [0.15, 0.2) is 78.9 Å². The molecule has 0 aromatic heterocycles. The molecule has 1 atom stereocenters. The van der Waals surface area contributed by atoms with Crippen molar-refractivity contribution in [2.75, 3.05) is 11.9 Å². The Morgan fingerprint density at radius 1 is 0.933 bits per heavy atom. The van der Waals surface area contributed by atoms with E-state index in [1.54, 1.807) is 24.3 Å². The lowest BCUT2D eigenvalue weighted by Gasteiger charge is -2.15. The second kappa shape index (κ2) is 10.3. The predicted molar refractivity (Wildman–Crippen MR) is 119 cm³/mol. The Morgan fingerprint density at radius 3 is 2.37 bits per heavy atom. The number of hydrogen-bond donors (Lipinski definition) is 2. The van der Waals surface area contributed by atoms with E-state index in [1.807, 2.05) is 61.5 Å². The van der Waals surface area contributed by atoms with Crippen molar-refractivity contribution in [2.45, 2.75) is 26.3 Å². The molecule has 30 heavy (non-hydrogen) atoms. The van der Waals surface area contributed by atoms with Crippen LogP contribution >= 0.6 is 0 Å². The molecule has 0 aliphatic carbocycles. The van der Waals surface area contributed by atoms with Crippen LogP contribution in [0.1, 0.15) is 41.4 Å². The Kier molecular flexibility index (Phi) is 7.22. The topological polar surface area (TPSA) is 67.4 Å². The lowest BCUT2D eigenvalue weighted by atomic mass is 10.1. The highest BCUT2D eigenvalue weighted by molar-refractivity contribution is 5.97. The van der Waals surface area contributed by atoms with Crippen LogP contribution < -0.4 is 15.4 Å². The van der Waals surface area contributed by atoms with Gasteiger partial charge in [-0.2, -0.15) is 0 Å². The minimum atomic E-state index is -0.287. The molecule has 154 valence electrons. The van der Waals surface area contributed by atoms with Gasteiger partial charge in [-0.15, -0.1) is 0 Å². The summed E-state index contributed by atoms with van der Waals surface area (Å²) in [6.07, 6.45) is 0.953. The normalized spacial score (nSPS) is 11.4. The highest BCUT2D eigenvalue weighted by Gasteiger charge is 2.12. The maximum Gasteiger partial charge on any atom is 0.262 e. The zero-order valence-electron chi connectivity index (χ0n) is 17.2. The van der Waals surface area contributed by atoms with Gasteiger partial charge in [0.25, 0.3) is 11.8 Å². The van der Waals surface area contributed by atoms with Crippen molar-refractivity contribution in [1.29, 1.82) is 0 Å². The predicted octanol–water partition coefficient (Wildman–Crippen LogP) is 4.76. The lowest BCUT2D eigenvalue weighted by molar-refractivity contribution is -0.118. The minimum Gasteiger partial charge on any atom is -0.484 e. The molecule has 0 spiro atoms. The van der Waals surface area contributed by atoms with E-state index < -0.39 is 0 Å². The van der Waals surface area contributed by atoms with E-state index in [4.69, 9.17) is 4.74 Å². The summed E-state index contributed by atoms with van der Waals surface area (Å²) < 4.78 is 5.53. The monoisotopic (exact) mass is 402 g/mol. The van der Waals surface area contributed by atoms with Crippen molar-refractivity contribution in [1.82, 2.24) is 5.32 Å². The Morgan fingerprint density at radius 2 is 1.67 bits per heavy atom. The smallest absolute Gasteiger partial charge is 0.262 e. The number of nitrogens with one attached hydrogen (secondary N) is 2. The molecule has 2 N–H and O–H groups in total. The first-order valence-electron chi connectivity index (χ1n) is 10.0. The largest absolute Gasteiger partial charge is 0.484 e. The quantitative estimate of drug-likeness (QED) is 0.571. The van der Waals surface area contributed by atoms with Crippen LogP contribution in [-0.4, -0.2) is 18.4 Å². The molecule has 0 saturated carbocycles. The Bertz CT molecular complexity index is 985. The van der Waals surface area contributed by atoms with Gasteiger partial charge in [-0.25, -0.2) is 0 Å². The van der Waals surface area contributed by atoms with Gasteiger partial charge < -0.3 is 15.4 Å². The molecule has 1 unspecified atom stereocenters. The summed E-state index contributed by atoms with van der Waals surface area (Å²) in [6, 6.07) is 24.1. The first kappa shape index (κ1) is 21.1. The standard InChI is InChI=1S/C25H26N2O3/c1-3-19-12-14-23(15-13-19)30-17-24(28)27-22-11-7-10-21(16-22)25(29)26-18(2)20-8-5-4-6-9-20/h4-16,18H,3,17H2,1-2H3,(H,26,29)(H,27,28). The molecular weight excluding hydrogens is 376 g/mol. The molecule has 3 rings (SSSR count). The zero-order chi connectivity index (χ0) is 21.3. The molecular formula is C25H26N2O3. The van der Waals surface area contributed by atoms with Crippen molar-refractivity contribution < 1.29 is 14.3 Å². The molecule has 0 saturated heterocycles. The Balaban J connectivity index is 1.55. The molecule has 0 heterocycles.